The van der Waals surface area contributed by atoms with Crippen LogP contribution >= 0.6 is 0 Å². The van der Waals surface area contributed by atoms with Crippen LogP contribution in [0.4, 0.5) is 17.6 Å². The van der Waals surface area contributed by atoms with Gasteiger partial charge in [-0.25, -0.2) is 9.18 Å². The lowest BCUT2D eigenvalue weighted by molar-refractivity contribution is -0.138. The van der Waals surface area contributed by atoms with Gasteiger partial charge in [0.15, 0.2) is 0 Å². The maximum absolute atomic E-state index is 14.6. The third kappa shape index (κ3) is 3.51. The number of fused-ring (bicyclic) bond motifs is 1. The number of aryl methyl sites for hydroxylation is 1. The molecule has 0 atom stereocenters. The van der Waals surface area contributed by atoms with Gasteiger partial charge in [-0.2, -0.15) is 13.2 Å². The summed E-state index contributed by atoms with van der Waals surface area (Å²) >= 11 is 0. The topological polar surface area (TPSA) is 52.6 Å². The van der Waals surface area contributed by atoms with Crippen LogP contribution in [0.25, 0.3) is 11.1 Å². The summed E-state index contributed by atoms with van der Waals surface area (Å²) in [5.41, 5.74) is -2.31. The summed E-state index contributed by atoms with van der Waals surface area (Å²) in [7, 11) is 0.864. The van der Waals surface area contributed by atoms with Crippen molar-refractivity contribution in [3.63, 3.8) is 0 Å². The molecule has 1 heterocycles. The SMILES string of the molecule is COC(=O)C(=O)c1c(C(F)(F)F)ccc(F)c1-c1ccc2c(c1)CCCO2. The predicted octanol–water partition coefficient (Wildman–Crippen LogP) is 4.19. The second kappa shape index (κ2) is 7.02. The van der Waals surface area contributed by atoms with Gasteiger partial charge in [0.1, 0.15) is 11.6 Å². The maximum atomic E-state index is 14.6. The summed E-state index contributed by atoms with van der Waals surface area (Å²) in [4.78, 5) is 23.9. The number of methoxy groups -OCH3 is 1. The van der Waals surface area contributed by atoms with E-state index in [2.05, 4.69) is 4.74 Å². The smallest absolute Gasteiger partial charge is 0.417 e. The molecule has 4 nitrogen and oxygen atoms in total. The van der Waals surface area contributed by atoms with Crippen LogP contribution in [0.5, 0.6) is 5.75 Å². The number of carbonyl (C=O) groups is 2. The van der Waals surface area contributed by atoms with Gasteiger partial charge in [0.2, 0.25) is 0 Å². The summed E-state index contributed by atoms with van der Waals surface area (Å²) in [5, 5.41) is 0. The van der Waals surface area contributed by atoms with Gasteiger partial charge in [-0.3, -0.25) is 4.79 Å². The molecule has 0 saturated heterocycles. The van der Waals surface area contributed by atoms with Gasteiger partial charge in [0, 0.05) is 5.56 Å². The Labute approximate surface area is 151 Å². The third-order valence-electron chi connectivity index (χ3n) is 4.25. The van der Waals surface area contributed by atoms with E-state index in [0.717, 1.165) is 7.11 Å². The molecule has 0 amide bonds. The lowest BCUT2D eigenvalue weighted by Crippen LogP contribution is -2.22. The Kier molecular flexibility index (Phi) is 4.91. The minimum Gasteiger partial charge on any atom is -0.493 e. The average Bonchev–Trinajstić information content (AvgIpc) is 2.65. The largest absolute Gasteiger partial charge is 0.493 e. The van der Waals surface area contributed by atoms with Crippen LogP contribution in [0.1, 0.15) is 27.9 Å². The fourth-order valence-electron chi connectivity index (χ4n) is 3.04. The summed E-state index contributed by atoms with van der Waals surface area (Å²) in [6.45, 7) is 0.510. The maximum Gasteiger partial charge on any atom is 0.417 e. The number of ketones is 1. The zero-order valence-electron chi connectivity index (χ0n) is 14.2. The number of esters is 1. The third-order valence-corrected chi connectivity index (χ3v) is 4.25. The number of hydrogen-bond donors (Lipinski definition) is 0. The molecule has 1 aliphatic heterocycles. The minimum atomic E-state index is -4.96. The Bertz CT molecular complexity index is 919. The number of carbonyl (C=O) groups excluding carboxylic acids is 2. The van der Waals surface area contributed by atoms with E-state index in [1.807, 2.05) is 0 Å². The standard InChI is InChI=1S/C19H14F4O4/c1-26-18(25)17(24)16-12(19(21,22)23)5-6-13(20)15(16)11-4-7-14-10(9-11)3-2-8-27-14/h4-7,9H,2-3,8H2,1H3. The summed E-state index contributed by atoms with van der Waals surface area (Å²) in [6.07, 6.45) is -3.65. The Morgan fingerprint density at radius 2 is 1.89 bits per heavy atom. The fraction of sp³-hybridized carbons (Fsp3) is 0.263. The first-order valence-corrected chi connectivity index (χ1v) is 8.02. The van der Waals surface area contributed by atoms with Gasteiger partial charge in [0.25, 0.3) is 5.78 Å². The zero-order valence-corrected chi connectivity index (χ0v) is 14.2. The zero-order chi connectivity index (χ0) is 19.8. The number of ether oxygens (including phenoxy) is 2. The summed E-state index contributed by atoms with van der Waals surface area (Å²) in [5.74, 6) is -3.56. The van der Waals surface area contributed by atoms with E-state index in [4.69, 9.17) is 4.74 Å². The van der Waals surface area contributed by atoms with Gasteiger partial charge >= 0.3 is 12.1 Å². The van der Waals surface area contributed by atoms with Gasteiger partial charge in [-0.1, -0.05) is 6.07 Å². The first kappa shape index (κ1) is 18.9. The highest BCUT2D eigenvalue weighted by molar-refractivity contribution is 6.42. The van der Waals surface area contributed by atoms with Crippen molar-refractivity contribution in [1.29, 1.82) is 0 Å². The van der Waals surface area contributed by atoms with E-state index >= 15 is 0 Å². The van der Waals surface area contributed by atoms with Gasteiger partial charge in [0.05, 0.1) is 24.8 Å². The van der Waals surface area contributed by atoms with Crippen molar-refractivity contribution in [2.24, 2.45) is 0 Å². The molecule has 8 heteroatoms. The van der Waals surface area contributed by atoms with Crippen LogP contribution in [0.15, 0.2) is 30.3 Å². The Morgan fingerprint density at radius 3 is 2.56 bits per heavy atom. The lowest BCUT2D eigenvalue weighted by atomic mass is 9.90. The normalized spacial score (nSPS) is 13.5. The lowest BCUT2D eigenvalue weighted by Gasteiger charge is -2.20. The van der Waals surface area contributed by atoms with Crippen LogP contribution in [0.2, 0.25) is 0 Å². The van der Waals surface area contributed by atoms with Crippen LogP contribution in [-0.4, -0.2) is 25.5 Å². The van der Waals surface area contributed by atoms with Crippen molar-refractivity contribution in [3.05, 3.63) is 52.8 Å². The molecule has 0 radical (unpaired) electrons. The molecule has 0 unspecified atom stereocenters. The van der Waals surface area contributed by atoms with Crippen LogP contribution < -0.4 is 4.74 Å². The molecule has 0 aromatic heterocycles. The van der Waals surface area contributed by atoms with Gasteiger partial charge in [-0.15, -0.1) is 0 Å². The summed E-state index contributed by atoms with van der Waals surface area (Å²) < 4.78 is 64.5. The van der Waals surface area contributed by atoms with Gasteiger partial charge < -0.3 is 9.47 Å². The first-order chi connectivity index (χ1) is 12.7. The molecule has 27 heavy (non-hydrogen) atoms. The molecule has 3 rings (SSSR count). The quantitative estimate of drug-likeness (QED) is 0.346. The van der Waals surface area contributed by atoms with E-state index in [9.17, 15) is 27.2 Å². The van der Waals surface area contributed by atoms with E-state index in [1.54, 1.807) is 0 Å². The molecule has 0 bridgehead atoms. The van der Waals surface area contributed by atoms with Crippen molar-refractivity contribution in [2.45, 2.75) is 19.0 Å². The number of halogens is 4. The molecule has 2 aromatic carbocycles. The second-order valence-electron chi connectivity index (χ2n) is 5.94. The number of benzene rings is 2. The number of alkyl halides is 3. The van der Waals surface area contributed by atoms with Crippen molar-refractivity contribution >= 4 is 11.8 Å². The highest BCUT2D eigenvalue weighted by atomic mass is 19.4. The monoisotopic (exact) mass is 382 g/mol. The van der Waals surface area contributed by atoms with E-state index in [1.165, 1.54) is 18.2 Å². The molecule has 0 N–H and O–H groups in total. The molecule has 0 saturated carbocycles. The number of Topliss-reactive ketones (excluding diaryl/α,β-unsaturated/α-hetero) is 1. The molecule has 0 spiro atoms. The first-order valence-electron chi connectivity index (χ1n) is 8.02. The van der Waals surface area contributed by atoms with Crippen molar-refractivity contribution in [3.8, 4) is 16.9 Å². The fourth-order valence-corrected chi connectivity index (χ4v) is 3.04. The molecule has 1 aliphatic rings. The second-order valence-corrected chi connectivity index (χ2v) is 5.94. The Balaban J connectivity index is 2.28. The van der Waals surface area contributed by atoms with Gasteiger partial charge in [-0.05, 0) is 48.2 Å². The van der Waals surface area contributed by atoms with E-state index in [-0.39, 0.29) is 5.56 Å². The molecule has 2 aromatic rings. The molecule has 0 fully saturated rings. The molecular formula is C19H14F4O4. The highest BCUT2D eigenvalue weighted by Gasteiger charge is 2.39. The number of hydrogen-bond acceptors (Lipinski definition) is 4. The molecule has 0 aliphatic carbocycles. The highest BCUT2D eigenvalue weighted by Crippen LogP contribution is 2.40. The van der Waals surface area contributed by atoms with Crippen LogP contribution in [0, 0.1) is 5.82 Å². The number of rotatable bonds is 3. The Hall–Kier alpha value is -2.90. The van der Waals surface area contributed by atoms with Crippen LogP contribution in [0.3, 0.4) is 0 Å². The van der Waals surface area contributed by atoms with E-state index in [0.29, 0.717) is 42.9 Å². The van der Waals surface area contributed by atoms with Crippen LogP contribution in [-0.2, 0) is 22.1 Å². The average molecular weight is 382 g/mol. The van der Waals surface area contributed by atoms with Crippen molar-refractivity contribution in [2.75, 3.05) is 13.7 Å². The van der Waals surface area contributed by atoms with Crippen molar-refractivity contribution < 1.29 is 36.6 Å². The Morgan fingerprint density at radius 1 is 1.15 bits per heavy atom. The summed E-state index contributed by atoms with van der Waals surface area (Å²) in [6, 6.07) is 5.41. The molecular weight excluding hydrogens is 368 g/mol. The predicted molar refractivity (Wildman–Crippen MR) is 87.0 cm³/mol. The molecule has 142 valence electrons. The minimum absolute atomic E-state index is 0.0510. The van der Waals surface area contributed by atoms with E-state index < -0.39 is 40.4 Å². The van der Waals surface area contributed by atoms with Crippen molar-refractivity contribution in [1.82, 2.24) is 0 Å².